The lowest BCUT2D eigenvalue weighted by Crippen LogP contribution is -2.43. The fourth-order valence-corrected chi connectivity index (χ4v) is 1.60. The summed E-state index contributed by atoms with van der Waals surface area (Å²) in [6.45, 7) is -0.746. The maximum absolute atomic E-state index is 11.7. The zero-order valence-corrected chi connectivity index (χ0v) is 9.76. The number of halogens is 3. The highest BCUT2D eigenvalue weighted by Gasteiger charge is 2.29. The van der Waals surface area contributed by atoms with E-state index in [1.54, 1.807) is 4.90 Å². The summed E-state index contributed by atoms with van der Waals surface area (Å²) in [5, 5.41) is 2.00. The second-order valence-corrected chi connectivity index (χ2v) is 3.99. The van der Waals surface area contributed by atoms with E-state index in [9.17, 15) is 22.8 Å². The molecule has 2 amide bonds. The van der Waals surface area contributed by atoms with E-state index in [0.717, 1.165) is 19.3 Å². The largest absolute Gasteiger partial charge is 0.440 e. The Morgan fingerprint density at radius 3 is 2.33 bits per heavy atom. The molecule has 1 heterocycles. The van der Waals surface area contributed by atoms with Gasteiger partial charge in [-0.1, -0.05) is 0 Å². The normalized spacial score (nSPS) is 16.3. The second-order valence-electron chi connectivity index (χ2n) is 3.99. The SMILES string of the molecule is O=C(NCC(=O)N1CCCCC1)OCC(F)(F)F. The standard InChI is InChI=1S/C10H15F3N2O3/c11-10(12,13)7-18-9(17)14-6-8(16)15-4-2-1-3-5-15/h1-7H2,(H,14,17). The number of amides is 2. The number of nitrogens with one attached hydrogen (secondary N) is 1. The lowest BCUT2D eigenvalue weighted by molar-refractivity contribution is -0.160. The molecule has 18 heavy (non-hydrogen) atoms. The molecule has 0 spiro atoms. The lowest BCUT2D eigenvalue weighted by Gasteiger charge is -2.26. The summed E-state index contributed by atoms with van der Waals surface area (Å²) in [5.41, 5.74) is 0. The minimum Gasteiger partial charge on any atom is -0.440 e. The van der Waals surface area contributed by atoms with Gasteiger partial charge in [-0.05, 0) is 19.3 Å². The summed E-state index contributed by atoms with van der Waals surface area (Å²) in [4.78, 5) is 24.0. The molecule has 1 aliphatic rings. The number of alkyl carbamates (subject to hydrolysis) is 1. The van der Waals surface area contributed by atoms with Crippen molar-refractivity contribution >= 4 is 12.0 Å². The van der Waals surface area contributed by atoms with Crippen molar-refractivity contribution in [2.75, 3.05) is 26.2 Å². The average molecular weight is 268 g/mol. The van der Waals surface area contributed by atoms with Crippen molar-refractivity contribution in [1.29, 1.82) is 0 Å². The van der Waals surface area contributed by atoms with Crippen molar-refractivity contribution in [1.82, 2.24) is 10.2 Å². The molecular weight excluding hydrogens is 253 g/mol. The molecule has 1 fully saturated rings. The highest BCUT2D eigenvalue weighted by molar-refractivity contribution is 5.82. The highest BCUT2D eigenvalue weighted by Crippen LogP contribution is 2.14. The number of nitrogens with zero attached hydrogens (tertiary/aromatic N) is 1. The Balaban J connectivity index is 2.19. The molecule has 1 aliphatic heterocycles. The molecule has 0 bridgehead atoms. The molecule has 1 rings (SSSR count). The van der Waals surface area contributed by atoms with Crippen molar-refractivity contribution < 1.29 is 27.5 Å². The van der Waals surface area contributed by atoms with Crippen LogP contribution < -0.4 is 5.32 Å². The van der Waals surface area contributed by atoms with Crippen LogP contribution in [0, 0.1) is 0 Å². The molecule has 0 aromatic rings. The van der Waals surface area contributed by atoms with Crippen molar-refractivity contribution in [3.63, 3.8) is 0 Å². The topological polar surface area (TPSA) is 58.6 Å². The predicted molar refractivity (Wildman–Crippen MR) is 55.8 cm³/mol. The maximum Gasteiger partial charge on any atom is 0.422 e. The summed E-state index contributed by atoms with van der Waals surface area (Å²) in [6.07, 6.45) is -2.93. The zero-order chi connectivity index (χ0) is 13.6. The molecule has 0 atom stereocenters. The van der Waals surface area contributed by atoms with Gasteiger partial charge >= 0.3 is 12.3 Å². The number of hydrogen-bond donors (Lipinski definition) is 1. The van der Waals surface area contributed by atoms with E-state index in [2.05, 4.69) is 4.74 Å². The number of rotatable bonds is 3. The molecule has 5 nitrogen and oxygen atoms in total. The van der Waals surface area contributed by atoms with Gasteiger partial charge in [0.25, 0.3) is 0 Å². The minimum atomic E-state index is -4.56. The van der Waals surface area contributed by atoms with Gasteiger partial charge in [0.2, 0.25) is 5.91 Å². The lowest BCUT2D eigenvalue weighted by atomic mass is 10.1. The van der Waals surface area contributed by atoms with E-state index in [1.807, 2.05) is 5.32 Å². The van der Waals surface area contributed by atoms with Gasteiger partial charge in [0.05, 0.1) is 0 Å². The first-order chi connectivity index (χ1) is 8.38. The molecule has 0 aromatic carbocycles. The van der Waals surface area contributed by atoms with Crippen LogP contribution in [0.3, 0.4) is 0 Å². The van der Waals surface area contributed by atoms with Crippen molar-refractivity contribution in [2.24, 2.45) is 0 Å². The van der Waals surface area contributed by atoms with Crippen LogP contribution in [0.4, 0.5) is 18.0 Å². The number of carbonyl (C=O) groups excluding carboxylic acids is 2. The van der Waals surface area contributed by atoms with Gasteiger partial charge < -0.3 is 15.0 Å². The summed E-state index contributed by atoms with van der Waals surface area (Å²) >= 11 is 0. The Labute approximate surface area is 102 Å². The molecule has 1 N–H and O–H groups in total. The minimum absolute atomic E-state index is 0.307. The molecule has 0 unspecified atom stereocenters. The number of likely N-dealkylation sites (tertiary alicyclic amines) is 1. The monoisotopic (exact) mass is 268 g/mol. The smallest absolute Gasteiger partial charge is 0.422 e. The van der Waals surface area contributed by atoms with E-state index in [1.165, 1.54) is 0 Å². The van der Waals surface area contributed by atoms with Crippen LogP contribution in [-0.4, -0.2) is 49.3 Å². The molecule has 0 aromatic heterocycles. The van der Waals surface area contributed by atoms with Crippen LogP contribution in [0.2, 0.25) is 0 Å². The first-order valence-electron chi connectivity index (χ1n) is 5.63. The van der Waals surface area contributed by atoms with E-state index >= 15 is 0 Å². The van der Waals surface area contributed by atoms with Crippen LogP contribution in [0.25, 0.3) is 0 Å². The fourth-order valence-electron chi connectivity index (χ4n) is 1.60. The fraction of sp³-hybridized carbons (Fsp3) is 0.800. The van der Waals surface area contributed by atoms with Crippen molar-refractivity contribution in [3.05, 3.63) is 0 Å². The van der Waals surface area contributed by atoms with Gasteiger partial charge in [-0.25, -0.2) is 4.79 Å². The summed E-state index contributed by atoms with van der Waals surface area (Å²) < 4.78 is 39.1. The Morgan fingerprint density at radius 2 is 1.78 bits per heavy atom. The number of hydrogen-bond acceptors (Lipinski definition) is 3. The van der Waals surface area contributed by atoms with Gasteiger partial charge in [-0.2, -0.15) is 13.2 Å². The molecule has 0 saturated carbocycles. The van der Waals surface area contributed by atoms with Crippen molar-refractivity contribution in [2.45, 2.75) is 25.4 Å². The second kappa shape index (κ2) is 6.46. The van der Waals surface area contributed by atoms with Crippen LogP contribution in [0.1, 0.15) is 19.3 Å². The van der Waals surface area contributed by atoms with Gasteiger partial charge in [-0.15, -0.1) is 0 Å². The predicted octanol–water partition coefficient (Wildman–Crippen LogP) is 1.29. The van der Waals surface area contributed by atoms with Crippen molar-refractivity contribution in [3.8, 4) is 0 Å². The van der Waals surface area contributed by atoms with Gasteiger partial charge in [-0.3, -0.25) is 4.79 Å². The molecule has 104 valence electrons. The number of carbonyl (C=O) groups is 2. The highest BCUT2D eigenvalue weighted by atomic mass is 19.4. The van der Waals surface area contributed by atoms with Crippen LogP contribution >= 0.6 is 0 Å². The van der Waals surface area contributed by atoms with Crippen LogP contribution in [0.5, 0.6) is 0 Å². The number of piperidine rings is 1. The van der Waals surface area contributed by atoms with E-state index in [-0.39, 0.29) is 12.5 Å². The molecular formula is C10H15F3N2O3. The third-order valence-corrected chi connectivity index (χ3v) is 2.46. The van der Waals surface area contributed by atoms with Crippen LogP contribution in [-0.2, 0) is 9.53 Å². The Morgan fingerprint density at radius 1 is 1.17 bits per heavy atom. The quantitative estimate of drug-likeness (QED) is 0.839. The van der Waals surface area contributed by atoms with Gasteiger partial charge in [0.15, 0.2) is 6.61 Å². The van der Waals surface area contributed by atoms with Gasteiger partial charge in [0, 0.05) is 13.1 Å². The molecule has 0 aliphatic carbocycles. The van der Waals surface area contributed by atoms with Crippen LogP contribution in [0.15, 0.2) is 0 Å². The average Bonchev–Trinajstić information content (AvgIpc) is 2.33. The Hall–Kier alpha value is -1.47. The van der Waals surface area contributed by atoms with Gasteiger partial charge in [0.1, 0.15) is 6.54 Å². The Kier molecular flexibility index (Phi) is 5.24. The van der Waals surface area contributed by atoms with E-state index in [0.29, 0.717) is 13.1 Å². The Bertz CT molecular complexity index is 301. The maximum atomic E-state index is 11.7. The molecule has 1 saturated heterocycles. The number of alkyl halides is 3. The van der Waals surface area contributed by atoms with E-state index < -0.39 is 18.9 Å². The summed E-state index contributed by atoms with van der Waals surface area (Å²) in [6, 6.07) is 0. The summed E-state index contributed by atoms with van der Waals surface area (Å²) in [7, 11) is 0. The zero-order valence-electron chi connectivity index (χ0n) is 9.76. The first kappa shape index (κ1) is 14.6. The third kappa shape index (κ3) is 5.74. The number of ether oxygens (including phenoxy) is 1. The van der Waals surface area contributed by atoms with E-state index in [4.69, 9.17) is 0 Å². The first-order valence-corrected chi connectivity index (χ1v) is 5.63. The molecule has 8 heteroatoms. The third-order valence-electron chi connectivity index (χ3n) is 2.46. The summed E-state index contributed by atoms with van der Waals surface area (Å²) in [5.74, 6) is -0.307. The molecule has 0 radical (unpaired) electrons.